The molecule has 6 N–H and O–H groups in total. The molecule has 0 fully saturated rings. The first-order valence-corrected chi connectivity index (χ1v) is 8.59. The van der Waals surface area contributed by atoms with E-state index in [0.717, 1.165) is 4.47 Å². The van der Waals surface area contributed by atoms with Gasteiger partial charge in [0.05, 0.1) is 5.69 Å². The first kappa shape index (κ1) is 17.0. The third-order valence-corrected chi connectivity index (χ3v) is 4.63. The highest BCUT2D eigenvalue weighted by Crippen LogP contribution is 2.21. The fraction of sp³-hybridized carbons (Fsp3) is 0. The Bertz CT molecular complexity index is 873. The molecule has 0 aliphatic heterocycles. The molecule has 0 aromatic heterocycles. The zero-order valence-corrected chi connectivity index (χ0v) is 14.2. The molecule has 2 aromatic carbocycles. The van der Waals surface area contributed by atoms with Crippen molar-refractivity contribution in [1.82, 2.24) is 0 Å². The average molecular weight is 398 g/mol. The summed E-state index contributed by atoms with van der Waals surface area (Å²) in [5, 5.41) is 9.72. The molecule has 0 saturated carbocycles. The van der Waals surface area contributed by atoms with Crippen molar-refractivity contribution in [2.24, 2.45) is 16.5 Å². The SMILES string of the molecule is NC(N)=[NH+]S(=O)(=O)c1ccc(N=Cc2cc(Br)ccc2O)cc1. The summed E-state index contributed by atoms with van der Waals surface area (Å²) in [7, 11) is -3.79. The second-order valence-electron chi connectivity index (χ2n) is 4.52. The standard InChI is InChI=1S/C14H13BrN4O3S/c15-10-1-6-13(20)9(7-10)8-18-11-2-4-12(5-3-11)23(21,22)19-14(16)17/h1-8,20H,(H4,16,17,19)/p+1. The molecule has 0 aliphatic rings. The average Bonchev–Trinajstić information content (AvgIpc) is 2.47. The Morgan fingerprint density at radius 3 is 2.43 bits per heavy atom. The van der Waals surface area contributed by atoms with Crippen LogP contribution in [0, 0.1) is 0 Å². The van der Waals surface area contributed by atoms with E-state index in [0.29, 0.717) is 11.3 Å². The molecule has 0 saturated heterocycles. The van der Waals surface area contributed by atoms with E-state index in [1.807, 2.05) is 4.40 Å². The third-order valence-electron chi connectivity index (χ3n) is 2.74. The number of rotatable bonds is 4. The number of nitrogens with two attached hydrogens (primary N) is 2. The number of nitrogens with one attached hydrogen (secondary N) is 1. The van der Waals surface area contributed by atoms with E-state index in [-0.39, 0.29) is 10.6 Å². The van der Waals surface area contributed by atoms with Crippen LogP contribution in [0.2, 0.25) is 0 Å². The lowest BCUT2D eigenvalue weighted by Gasteiger charge is -2.00. The number of halogens is 1. The minimum Gasteiger partial charge on any atom is -0.507 e. The lowest BCUT2D eigenvalue weighted by Crippen LogP contribution is -2.80. The maximum absolute atomic E-state index is 11.8. The van der Waals surface area contributed by atoms with Gasteiger partial charge in [-0.2, -0.15) is 12.8 Å². The molecule has 120 valence electrons. The van der Waals surface area contributed by atoms with Crippen LogP contribution in [0.4, 0.5) is 5.69 Å². The van der Waals surface area contributed by atoms with Gasteiger partial charge in [-0.05, 0) is 42.5 Å². The maximum atomic E-state index is 11.8. The van der Waals surface area contributed by atoms with Crippen molar-refractivity contribution in [2.45, 2.75) is 4.90 Å². The quantitative estimate of drug-likeness (QED) is 0.423. The van der Waals surface area contributed by atoms with E-state index in [2.05, 4.69) is 20.9 Å². The molecule has 0 heterocycles. The molecule has 2 aromatic rings. The summed E-state index contributed by atoms with van der Waals surface area (Å²) in [6.07, 6.45) is 1.48. The Kier molecular flexibility index (Phi) is 5.02. The topological polar surface area (TPSA) is 133 Å². The lowest BCUT2D eigenvalue weighted by molar-refractivity contribution is -0.270. The highest BCUT2D eigenvalue weighted by molar-refractivity contribution is 9.10. The Hall–Kier alpha value is -2.39. The fourth-order valence-electron chi connectivity index (χ4n) is 1.70. The van der Waals surface area contributed by atoms with Gasteiger partial charge in [0.25, 0.3) is 0 Å². The van der Waals surface area contributed by atoms with Gasteiger partial charge < -0.3 is 5.11 Å². The van der Waals surface area contributed by atoms with E-state index in [4.69, 9.17) is 11.5 Å². The van der Waals surface area contributed by atoms with Crippen molar-refractivity contribution >= 4 is 43.8 Å². The Morgan fingerprint density at radius 2 is 1.83 bits per heavy atom. The van der Waals surface area contributed by atoms with E-state index in [9.17, 15) is 13.5 Å². The minimum absolute atomic E-state index is 0.00940. The first-order chi connectivity index (χ1) is 10.8. The number of aromatic hydroxyl groups is 1. The molecule has 0 bridgehead atoms. The minimum atomic E-state index is -3.79. The molecule has 9 heteroatoms. The van der Waals surface area contributed by atoms with Gasteiger partial charge in [0, 0.05) is 16.3 Å². The molecule has 0 atom stereocenters. The Balaban J connectivity index is 2.25. The van der Waals surface area contributed by atoms with E-state index < -0.39 is 16.0 Å². The van der Waals surface area contributed by atoms with Gasteiger partial charge >= 0.3 is 16.0 Å². The highest BCUT2D eigenvalue weighted by atomic mass is 79.9. The number of phenolic OH excluding ortho intramolecular Hbond substituents is 1. The second-order valence-corrected chi connectivity index (χ2v) is 7.11. The van der Waals surface area contributed by atoms with Crippen LogP contribution in [0.25, 0.3) is 0 Å². The normalized spacial score (nSPS) is 11.5. The van der Waals surface area contributed by atoms with Crippen LogP contribution < -0.4 is 15.9 Å². The molecular formula is C14H14BrN4O3S+. The molecule has 0 spiro atoms. The number of phenols is 1. The van der Waals surface area contributed by atoms with E-state index in [1.54, 1.807) is 18.2 Å². The van der Waals surface area contributed by atoms with Crippen LogP contribution in [0.5, 0.6) is 5.75 Å². The van der Waals surface area contributed by atoms with Crippen molar-refractivity contribution in [1.29, 1.82) is 0 Å². The van der Waals surface area contributed by atoms with Crippen LogP contribution in [-0.2, 0) is 10.0 Å². The monoisotopic (exact) mass is 397 g/mol. The first-order valence-electron chi connectivity index (χ1n) is 6.31. The zero-order chi connectivity index (χ0) is 17.0. The van der Waals surface area contributed by atoms with Gasteiger partial charge in [0.2, 0.25) is 0 Å². The van der Waals surface area contributed by atoms with Crippen LogP contribution in [0.3, 0.4) is 0 Å². The van der Waals surface area contributed by atoms with Gasteiger partial charge in [-0.1, -0.05) is 15.9 Å². The molecule has 0 unspecified atom stereocenters. The summed E-state index contributed by atoms with van der Waals surface area (Å²) >= 11 is 3.30. The van der Waals surface area contributed by atoms with Crippen molar-refractivity contribution in [3.8, 4) is 5.75 Å². The largest absolute Gasteiger partial charge is 0.507 e. The number of hydrogen-bond acceptors (Lipinski definition) is 4. The highest BCUT2D eigenvalue weighted by Gasteiger charge is 2.14. The number of hydrogen-bond donors (Lipinski definition) is 4. The predicted octanol–water partition coefficient (Wildman–Crippen LogP) is -0.0520. The summed E-state index contributed by atoms with van der Waals surface area (Å²) in [6.45, 7) is 0. The van der Waals surface area contributed by atoms with Crippen molar-refractivity contribution in [2.75, 3.05) is 0 Å². The van der Waals surface area contributed by atoms with Gasteiger partial charge in [0.15, 0.2) is 0 Å². The summed E-state index contributed by atoms with van der Waals surface area (Å²) in [5.74, 6) is -0.313. The van der Waals surface area contributed by atoms with Crippen molar-refractivity contribution < 1.29 is 17.9 Å². The number of aliphatic imine (C=N–C) groups is 1. The molecule has 0 amide bonds. The second kappa shape index (κ2) is 6.80. The number of nitrogens with zero attached hydrogens (tertiary/aromatic N) is 1. The summed E-state index contributed by atoms with van der Waals surface area (Å²) < 4.78 is 26.5. The lowest BCUT2D eigenvalue weighted by atomic mass is 10.2. The summed E-state index contributed by atoms with van der Waals surface area (Å²) in [6, 6.07) is 10.7. The third kappa shape index (κ3) is 4.54. The van der Waals surface area contributed by atoms with Crippen LogP contribution in [-0.4, -0.2) is 25.7 Å². The Morgan fingerprint density at radius 1 is 1.17 bits per heavy atom. The summed E-state index contributed by atoms with van der Waals surface area (Å²) in [4.78, 5) is 4.20. The molecule has 23 heavy (non-hydrogen) atoms. The van der Waals surface area contributed by atoms with Gasteiger partial charge in [0.1, 0.15) is 10.6 Å². The maximum Gasteiger partial charge on any atom is 0.353 e. The molecular weight excluding hydrogens is 384 g/mol. The Labute approximate surface area is 141 Å². The zero-order valence-electron chi connectivity index (χ0n) is 11.8. The smallest absolute Gasteiger partial charge is 0.353 e. The number of sulfonamides is 1. The summed E-state index contributed by atoms with van der Waals surface area (Å²) in [5.41, 5.74) is 11.3. The van der Waals surface area contributed by atoms with Crippen LogP contribution in [0.1, 0.15) is 5.56 Å². The number of guanidine groups is 1. The predicted molar refractivity (Wildman–Crippen MR) is 91.0 cm³/mol. The molecule has 0 radical (unpaired) electrons. The van der Waals surface area contributed by atoms with E-state index in [1.165, 1.54) is 30.5 Å². The van der Waals surface area contributed by atoms with Gasteiger partial charge in [-0.15, -0.1) is 0 Å². The fourth-order valence-corrected chi connectivity index (χ4v) is 3.00. The van der Waals surface area contributed by atoms with Gasteiger partial charge in [-0.25, -0.2) is 0 Å². The van der Waals surface area contributed by atoms with Crippen molar-refractivity contribution in [3.05, 3.63) is 52.5 Å². The van der Waals surface area contributed by atoms with Crippen LogP contribution in [0.15, 0.2) is 56.8 Å². The molecule has 2 rings (SSSR count). The van der Waals surface area contributed by atoms with Gasteiger partial charge in [-0.3, -0.25) is 16.5 Å². The van der Waals surface area contributed by atoms with Crippen molar-refractivity contribution in [3.63, 3.8) is 0 Å². The number of benzene rings is 2. The molecule has 7 nitrogen and oxygen atoms in total. The molecule has 0 aliphatic carbocycles. The van der Waals surface area contributed by atoms with E-state index >= 15 is 0 Å². The van der Waals surface area contributed by atoms with Crippen LogP contribution >= 0.6 is 15.9 Å².